The highest BCUT2D eigenvalue weighted by Gasteiger charge is 1.94. The summed E-state index contributed by atoms with van der Waals surface area (Å²) < 4.78 is 0.975. The van der Waals surface area contributed by atoms with Crippen LogP contribution in [-0.2, 0) is 4.84 Å². The summed E-state index contributed by atoms with van der Waals surface area (Å²) in [5, 5.41) is 3.76. The highest BCUT2D eigenvalue weighted by molar-refractivity contribution is 9.10. The van der Waals surface area contributed by atoms with Crippen LogP contribution in [0, 0.1) is 0 Å². The van der Waals surface area contributed by atoms with Crippen LogP contribution in [0.5, 0.6) is 0 Å². The second kappa shape index (κ2) is 6.60. The van der Waals surface area contributed by atoms with Crippen molar-refractivity contribution in [1.82, 2.24) is 0 Å². The van der Waals surface area contributed by atoms with E-state index in [4.69, 9.17) is 4.84 Å². The number of hydrogen-bond donors (Lipinski definition) is 0. The number of halogens is 1. The summed E-state index contributed by atoms with van der Waals surface area (Å²) in [5.74, 6) is 0. The molecule has 0 spiro atoms. The molecule has 0 saturated heterocycles. The quantitative estimate of drug-likeness (QED) is 0.448. The molecule has 1 rings (SSSR count). The molecule has 0 amide bonds. The number of nitrogens with zero attached hydrogens (tertiary/aromatic N) is 1. The predicted octanol–water partition coefficient (Wildman–Crippen LogP) is 3.48. The molecule has 1 aromatic rings. The largest absolute Gasteiger partial charge is 0.395 e. The molecule has 0 atom stereocenters. The van der Waals surface area contributed by atoms with Crippen LogP contribution < -0.4 is 0 Å². The van der Waals surface area contributed by atoms with E-state index in [1.807, 2.05) is 24.3 Å². The zero-order valence-corrected chi connectivity index (χ0v) is 9.75. The molecule has 0 fully saturated rings. The van der Waals surface area contributed by atoms with Gasteiger partial charge in [0.15, 0.2) is 0 Å². The topological polar surface area (TPSA) is 21.6 Å². The van der Waals surface area contributed by atoms with Crippen molar-refractivity contribution in [1.29, 1.82) is 0 Å². The Bertz CT molecular complexity index is 299. The molecule has 1 radical (unpaired) electrons. The second-order valence-electron chi connectivity index (χ2n) is 2.87. The Balaban J connectivity index is 2.40. The first-order valence-corrected chi connectivity index (χ1v) is 5.46. The number of hydrogen-bond acceptors (Lipinski definition) is 2. The van der Waals surface area contributed by atoms with E-state index in [0.29, 0.717) is 6.61 Å². The fourth-order valence-corrected chi connectivity index (χ4v) is 1.26. The summed E-state index contributed by atoms with van der Waals surface area (Å²) >= 11 is 3.40. The molecule has 0 aliphatic carbocycles. The van der Waals surface area contributed by atoms with Crippen molar-refractivity contribution >= 4 is 22.1 Å². The Morgan fingerprint density at radius 1 is 1.43 bits per heavy atom. The van der Waals surface area contributed by atoms with E-state index in [-0.39, 0.29) is 0 Å². The summed E-state index contributed by atoms with van der Waals surface area (Å²) in [6.45, 7) is 2.78. The fourth-order valence-electron chi connectivity index (χ4n) is 0.888. The lowest BCUT2D eigenvalue weighted by molar-refractivity contribution is 0.143. The van der Waals surface area contributed by atoms with Gasteiger partial charge < -0.3 is 4.84 Å². The Kier molecular flexibility index (Phi) is 5.30. The van der Waals surface area contributed by atoms with Crippen LogP contribution in [0.15, 0.2) is 33.9 Å². The van der Waals surface area contributed by atoms with E-state index in [9.17, 15) is 0 Å². The van der Waals surface area contributed by atoms with Crippen LogP contribution in [0.1, 0.15) is 25.3 Å². The van der Waals surface area contributed by atoms with Gasteiger partial charge in [-0.2, -0.15) is 0 Å². The van der Waals surface area contributed by atoms with Gasteiger partial charge >= 0.3 is 0 Å². The lowest BCUT2D eigenvalue weighted by atomic mass is 10.2. The maximum absolute atomic E-state index is 5.03. The van der Waals surface area contributed by atoms with Gasteiger partial charge in [0, 0.05) is 10.0 Å². The Morgan fingerprint density at radius 3 is 2.93 bits per heavy atom. The maximum atomic E-state index is 5.03. The van der Waals surface area contributed by atoms with Crippen molar-refractivity contribution in [3.8, 4) is 0 Å². The zero-order chi connectivity index (χ0) is 10.2. The summed E-state index contributed by atoms with van der Waals surface area (Å²) in [6, 6.07) is 7.77. The van der Waals surface area contributed by atoms with E-state index in [1.165, 1.54) is 0 Å². The van der Waals surface area contributed by atoms with E-state index < -0.39 is 0 Å². The number of rotatable bonds is 5. The average molecular weight is 255 g/mol. The van der Waals surface area contributed by atoms with Gasteiger partial charge in [-0.15, -0.1) is 0 Å². The molecular formula is C11H13BrNO. The number of benzene rings is 1. The standard InChI is InChI=1S/C11H13BrNO/c1-2-3-8-14-13-9-10-6-4-5-7-11(10)12/h4-7H,2-3,8H2,1H3. The second-order valence-corrected chi connectivity index (χ2v) is 3.72. The first-order valence-electron chi connectivity index (χ1n) is 4.67. The number of unbranched alkanes of at least 4 members (excludes halogenated alkanes) is 1. The summed E-state index contributed by atoms with van der Waals surface area (Å²) in [6.07, 6.45) is 4.97. The van der Waals surface area contributed by atoms with Gasteiger partial charge in [-0.25, -0.2) is 0 Å². The molecule has 75 valence electrons. The predicted molar refractivity (Wildman–Crippen MR) is 61.5 cm³/mol. The van der Waals surface area contributed by atoms with E-state index in [0.717, 1.165) is 22.9 Å². The molecule has 0 heterocycles. The summed E-state index contributed by atoms with van der Waals surface area (Å²) in [7, 11) is 0. The van der Waals surface area contributed by atoms with Crippen LogP contribution in [0.4, 0.5) is 0 Å². The van der Waals surface area contributed by atoms with Crippen LogP contribution >= 0.6 is 15.9 Å². The van der Waals surface area contributed by atoms with Crippen molar-refractivity contribution in [2.45, 2.75) is 19.8 Å². The van der Waals surface area contributed by atoms with Crippen molar-refractivity contribution < 1.29 is 4.84 Å². The molecule has 0 aliphatic heterocycles. The van der Waals surface area contributed by atoms with Gasteiger partial charge in [0.05, 0.1) is 0 Å². The first-order chi connectivity index (χ1) is 6.84. The molecule has 0 unspecified atom stereocenters. The van der Waals surface area contributed by atoms with E-state index >= 15 is 0 Å². The average Bonchev–Trinajstić information content (AvgIpc) is 2.20. The maximum Gasteiger partial charge on any atom is 0.140 e. The lowest BCUT2D eigenvalue weighted by Crippen LogP contribution is -1.88. The SMILES string of the molecule is CCCCO/N=[C]\c1ccccc1Br. The molecule has 0 aliphatic rings. The highest BCUT2D eigenvalue weighted by Crippen LogP contribution is 2.13. The van der Waals surface area contributed by atoms with E-state index in [2.05, 4.69) is 34.2 Å². The van der Waals surface area contributed by atoms with E-state index in [1.54, 1.807) is 0 Å². The smallest absolute Gasteiger partial charge is 0.140 e. The highest BCUT2D eigenvalue weighted by atomic mass is 79.9. The van der Waals surface area contributed by atoms with Gasteiger partial charge in [0.25, 0.3) is 0 Å². The van der Waals surface area contributed by atoms with Crippen molar-refractivity contribution in [2.75, 3.05) is 6.61 Å². The van der Waals surface area contributed by atoms with Gasteiger partial charge in [-0.05, 0) is 12.5 Å². The third-order valence-electron chi connectivity index (χ3n) is 1.69. The first kappa shape index (κ1) is 11.2. The molecule has 0 aromatic heterocycles. The van der Waals surface area contributed by atoms with Gasteiger partial charge in [0.2, 0.25) is 0 Å². The molecule has 1 aromatic carbocycles. The molecule has 0 saturated carbocycles. The zero-order valence-electron chi connectivity index (χ0n) is 8.16. The Morgan fingerprint density at radius 2 is 2.21 bits per heavy atom. The van der Waals surface area contributed by atoms with Crippen LogP contribution in [0.25, 0.3) is 0 Å². The van der Waals surface area contributed by atoms with Crippen LogP contribution in [-0.4, -0.2) is 12.8 Å². The monoisotopic (exact) mass is 254 g/mol. The minimum atomic E-state index is 0.661. The van der Waals surface area contributed by atoms with Crippen LogP contribution in [0.3, 0.4) is 0 Å². The minimum absolute atomic E-state index is 0.661. The minimum Gasteiger partial charge on any atom is -0.395 e. The van der Waals surface area contributed by atoms with Crippen molar-refractivity contribution in [3.63, 3.8) is 0 Å². The van der Waals surface area contributed by atoms with Gasteiger partial charge in [-0.1, -0.05) is 52.6 Å². The Hall–Kier alpha value is -0.830. The third-order valence-corrected chi connectivity index (χ3v) is 2.39. The molecule has 0 bridgehead atoms. The molecular weight excluding hydrogens is 242 g/mol. The fraction of sp³-hybridized carbons (Fsp3) is 0.364. The van der Waals surface area contributed by atoms with Crippen molar-refractivity contribution in [2.24, 2.45) is 5.16 Å². The Labute approximate surface area is 93.1 Å². The lowest BCUT2D eigenvalue weighted by Gasteiger charge is -1.96. The van der Waals surface area contributed by atoms with Gasteiger partial charge in [-0.3, -0.25) is 0 Å². The molecule has 2 nitrogen and oxygen atoms in total. The van der Waals surface area contributed by atoms with Crippen molar-refractivity contribution in [3.05, 3.63) is 34.3 Å². The van der Waals surface area contributed by atoms with Crippen LogP contribution in [0.2, 0.25) is 0 Å². The summed E-state index contributed by atoms with van der Waals surface area (Å²) in [4.78, 5) is 5.03. The molecule has 14 heavy (non-hydrogen) atoms. The third kappa shape index (κ3) is 3.92. The van der Waals surface area contributed by atoms with Gasteiger partial charge in [0.1, 0.15) is 12.8 Å². The summed E-state index contributed by atoms with van der Waals surface area (Å²) in [5.41, 5.74) is 0.906. The molecule has 0 N–H and O–H groups in total. The normalized spacial score (nSPS) is 10.7. The molecule has 3 heteroatoms.